The Morgan fingerprint density at radius 2 is 2.58 bits per heavy atom. The highest BCUT2D eigenvalue weighted by Crippen LogP contribution is 2.12. The third-order valence-electron chi connectivity index (χ3n) is 3.27. The van der Waals surface area contributed by atoms with Gasteiger partial charge in [-0.2, -0.15) is 5.26 Å². The molecule has 19 heavy (non-hydrogen) atoms. The number of hydrogen-bond donors (Lipinski definition) is 2. The Kier molecular flexibility index (Phi) is 4.44. The van der Waals surface area contributed by atoms with Crippen LogP contribution in [0.25, 0.3) is 0 Å². The number of carbonyl (C=O) groups is 1. The molecule has 1 aromatic rings. The molecule has 2 heterocycles. The first-order valence-corrected chi connectivity index (χ1v) is 6.26. The first-order valence-electron chi connectivity index (χ1n) is 6.26. The number of nitrogens with zero attached hydrogens (tertiary/aromatic N) is 3. The summed E-state index contributed by atoms with van der Waals surface area (Å²) in [5.74, 6) is -0.00500. The van der Waals surface area contributed by atoms with Crippen LogP contribution in [0.2, 0.25) is 0 Å². The zero-order chi connectivity index (χ0) is 13.7. The van der Waals surface area contributed by atoms with Crippen molar-refractivity contribution in [1.29, 1.82) is 5.26 Å². The highest BCUT2D eigenvalue weighted by molar-refractivity contribution is 5.81. The average molecular weight is 259 g/mol. The third kappa shape index (κ3) is 3.08. The van der Waals surface area contributed by atoms with Gasteiger partial charge in [-0.05, 0) is 6.07 Å². The Hall–Kier alpha value is -1.97. The van der Waals surface area contributed by atoms with Gasteiger partial charge in [0.15, 0.2) is 0 Å². The zero-order valence-corrected chi connectivity index (χ0v) is 10.9. The maximum Gasteiger partial charge on any atom is 0.238 e. The molecule has 2 N–H and O–H groups in total. The molecule has 0 bridgehead atoms. The van der Waals surface area contributed by atoms with Crippen molar-refractivity contribution in [3.63, 3.8) is 0 Å². The van der Waals surface area contributed by atoms with Crippen molar-refractivity contribution in [2.75, 3.05) is 26.7 Å². The normalized spacial score (nSPS) is 19.7. The lowest BCUT2D eigenvalue weighted by Crippen LogP contribution is -2.56. The van der Waals surface area contributed by atoms with E-state index >= 15 is 0 Å². The van der Waals surface area contributed by atoms with Crippen molar-refractivity contribution in [2.24, 2.45) is 0 Å². The summed E-state index contributed by atoms with van der Waals surface area (Å²) in [6.07, 6.45) is 1.61. The van der Waals surface area contributed by atoms with E-state index in [1.807, 2.05) is 12.1 Å². The van der Waals surface area contributed by atoms with Crippen LogP contribution in [-0.4, -0.2) is 48.5 Å². The molecule has 1 aliphatic rings. The third-order valence-corrected chi connectivity index (χ3v) is 3.27. The highest BCUT2D eigenvalue weighted by atomic mass is 16.2. The predicted molar refractivity (Wildman–Crippen MR) is 70.1 cm³/mol. The molecule has 1 atom stereocenters. The summed E-state index contributed by atoms with van der Waals surface area (Å²) < 4.78 is 0. The molecule has 0 aromatic carbocycles. The maximum atomic E-state index is 11.8. The van der Waals surface area contributed by atoms with E-state index in [1.54, 1.807) is 13.2 Å². The standard InChI is InChI=1S/C13H17N5O/c1-15-13(19)12-8-16-5-6-18(12)9-10-3-2-4-17-11(10)7-14/h2-4,12,16H,5-6,8-9H2,1H3,(H,15,19). The fourth-order valence-corrected chi connectivity index (χ4v) is 2.25. The molecule has 1 fully saturated rings. The van der Waals surface area contributed by atoms with Crippen molar-refractivity contribution in [2.45, 2.75) is 12.6 Å². The number of pyridine rings is 1. The minimum Gasteiger partial charge on any atom is -0.358 e. The predicted octanol–water partition coefficient (Wildman–Crippen LogP) is -0.527. The molecule has 100 valence electrons. The summed E-state index contributed by atoms with van der Waals surface area (Å²) in [6.45, 7) is 2.81. The van der Waals surface area contributed by atoms with Gasteiger partial charge < -0.3 is 10.6 Å². The Morgan fingerprint density at radius 1 is 1.74 bits per heavy atom. The van der Waals surface area contributed by atoms with E-state index in [4.69, 9.17) is 5.26 Å². The first kappa shape index (κ1) is 13.5. The summed E-state index contributed by atoms with van der Waals surface area (Å²) in [7, 11) is 1.64. The number of hydrogen-bond acceptors (Lipinski definition) is 5. The Balaban J connectivity index is 2.16. The summed E-state index contributed by atoms with van der Waals surface area (Å²) in [4.78, 5) is 18.0. The van der Waals surface area contributed by atoms with Gasteiger partial charge in [-0.15, -0.1) is 0 Å². The molecule has 6 heteroatoms. The Morgan fingerprint density at radius 3 is 3.32 bits per heavy atom. The summed E-state index contributed by atoms with van der Waals surface area (Å²) in [5.41, 5.74) is 1.29. The minimum absolute atomic E-state index is 0.00500. The van der Waals surface area contributed by atoms with Crippen molar-refractivity contribution < 1.29 is 4.79 Å². The number of nitrogens with one attached hydrogen (secondary N) is 2. The van der Waals surface area contributed by atoms with Gasteiger partial charge in [0.05, 0.1) is 0 Å². The largest absolute Gasteiger partial charge is 0.358 e. The maximum absolute atomic E-state index is 11.8. The van der Waals surface area contributed by atoms with Gasteiger partial charge in [0.2, 0.25) is 5.91 Å². The molecular formula is C13H17N5O. The second-order valence-corrected chi connectivity index (χ2v) is 4.43. The molecule has 1 saturated heterocycles. The van der Waals surface area contributed by atoms with Crippen molar-refractivity contribution in [3.8, 4) is 6.07 Å². The van der Waals surface area contributed by atoms with E-state index in [2.05, 4.69) is 26.6 Å². The molecule has 1 aromatic heterocycles. The molecule has 0 radical (unpaired) electrons. The van der Waals surface area contributed by atoms with Gasteiger partial charge in [-0.1, -0.05) is 6.07 Å². The van der Waals surface area contributed by atoms with Crippen LogP contribution in [0.3, 0.4) is 0 Å². The van der Waals surface area contributed by atoms with Crippen LogP contribution < -0.4 is 10.6 Å². The number of likely N-dealkylation sites (N-methyl/N-ethyl adjacent to an activating group) is 1. The second-order valence-electron chi connectivity index (χ2n) is 4.43. The molecule has 0 saturated carbocycles. The molecule has 1 amide bonds. The van der Waals surface area contributed by atoms with Crippen LogP contribution in [0.4, 0.5) is 0 Å². The van der Waals surface area contributed by atoms with Crippen molar-refractivity contribution in [1.82, 2.24) is 20.5 Å². The smallest absolute Gasteiger partial charge is 0.238 e. The number of aromatic nitrogens is 1. The average Bonchev–Trinajstić information content (AvgIpc) is 2.47. The molecular weight excluding hydrogens is 242 g/mol. The Bertz CT molecular complexity index is 496. The van der Waals surface area contributed by atoms with Crippen LogP contribution in [0.1, 0.15) is 11.3 Å². The number of amides is 1. The van der Waals surface area contributed by atoms with Crippen LogP contribution in [0.5, 0.6) is 0 Å². The fraction of sp³-hybridized carbons (Fsp3) is 0.462. The monoisotopic (exact) mass is 259 g/mol. The quantitative estimate of drug-likeness (QED) is 0.763. The van der Waals surface area contributed by atoms with E-state index in [0.29, 0.717) is 18.8 Å². The van der Waals surface area contributed by atoms with E-state index in [-0.39, 0.29) is 11.9 Å². The number of nitriles is 1. The molecule has 0 aliphatic carbocycles. The van der Waals surface area contributed by atoms with E-state index < -0.39 is 0 Å². The van der Waals surface area contributed by atoms with Crippen molar-refractivity contribution in [3.05, 3.63) is 29.6 Å². The number of carbonyl (C=O) groups excluding carboxylic acids is 1. The molecule has 1 aliphatic heterocycles. The van der Waals surface area contributed by atoms with Crippen LogP contribution in [0.15, 0.2) is 18.3 Å². The summed E-state index contributed by atoms with van der Waals surface area (Å²) in [6, 6.07) is 5.58. The van der Waals surface area contributed by atoms with Gasteiger partial charge in [-0.25, -0.2) is 4.98 Å². The first-order chi connectivity index (χ1) is 9.26. The number of rotatable bonds is 3. The topological polar surface area (TPSA) is 81.1 Å². The van der Waals surface area contributed by atoms with Gasteiger partial charge in [0, 0.05) is 45.0 Å². The summed E-state index contributed by atoms with van der Waals surface area (Å²) in [5, 5.41) is 14.9. The van der Waals surface area contributed by atoms with E-state index in [0.717, 1.165) is 18.7 Å². The van der Waals surface area contributed by atoms with Gasteiger partial charge in [-0.3, -0.25) is 9.69 Å². The van der Waals surface area contributed by atoms with Crippen LogP contribution in [0, 0.1) is 11.3 Å². The molecule has 2 rings (SSSR count). The highest BCUT2D eigenvalue weighted by Gasteiger charge is 2.28. The lowest BCUT2D eigenvalue weighted by Gasteiger charge is -2.34. The lowest BCUT2D eigenvalue weighted by molar-refractivity contribution is -0.126. The summed E-state index contributed by atoms with van der Waals surface area (Å²) >= 11 is 0. The Labute approximate surface area is 112 Å². The SMILES string of the molecule is CNC(=O)C1CNCCN1Cc1cccnc1C#N. The van der Waals surface area contributed by atoms with Crippen LogP contribution in [-0.2, 0) is 11.3 Å². The molecule has 6 nitrogen and oxygen atoms in total. The van der Waals surface area contributed by atoms with Crippen molar-refractivity contribution >= 4 is 5.91 Å². The van der Waals surface area contributed by atoms with Gasteiger partial charge in [0.1, 0.15) is 17.8 Å². The van der Waals surface area contributed by atoms with E-state index in [1.165, 1.54) is 0 Å². The number of piperazine rings is 1. The molecule has 0 spiro atoms. The molecule has 1 unspecified atom stereocenters. The van der Waals surface area contributed by atoms with Gasteiger partial charge in [0.25, 0.3) is 0 Å². The van der Waals surface area contributed by atoms with E-state index in [9.17, 15) is 4.79 Å². The van der Waals surface area contributed by atoms with Gasteiger partial charge >= 0.3 is 0 Å². The fourth-order valence-electron chi connectivity index (χ4n) is 2.25. The lowest BCUT2D eigenvalue weighted by atomic mass is 10.1. The second kappa shape index (κ2) is 6.27. The minimum atomic E-state index is -0.203. The zero-order valence-electron chi connectivity index (χ0n) is 10.9. The van der Waals surface area contributed by atoms with Crippen LogP contribution >= 0.6 is 0 Å².